The third-order valence-corrected chi connectivity index (χ3v) is 3.59. The second kappa shape index (κ2) is 6.98. The van der Waals surface area contributed by atoms with E-state index in [1.54, 1.807) is 31.4 Å². The van der Waals surface area contributed by atoms with Crippen LogP contribution in [0.1, 0.15) is 11.1 Å². The molecule has 0 aliphatic rings. The van der Waals surface area contributed by atoms with Crippen molar-refractivity contribution in [3.8, 4) is 11.5 Å². The monoisotopic (exact) mass is 341 g/mol. The van der Waals surface area contributed by atoms with Crippen LogP contribution in [0.15, 0.2) is 36.4 Å². The molecule has 0 heterocycles. The van der Waals surface area contributed by atoms with E-state index >= 15 is 0 Å². The van der Waals surface area contributed by atoms with Crippen LogP contribution in [0, 0.1) is 0 Å². The highest BCUT2D eigenvalue weighted by atomic mass is 35.5. The van der Waals surface area contributed by atoms with E-state index in [2.05, 4.69) is 0 Å². The quantitative estimate of drug-likeness (QED) is 0.827. The van der Waals surface area contributed by atoms with Gasteiger partial charge in [0.15, 0.2) is 0 Å². The molecule has 3 nitrogen and oxygen atoms in total. The van der Waals surface area contributed by atoms with Crippen molar-refractivity contribution in [1.82, 2.24) is 0 Å². The van der Waals surface area contributed by atoms with Crippen LogP contribution in [-0.2, 0) is 6.61 Å². The minimum atomic E-state index is 0.289. The van der Waals surface area contributed by atoms with Crippen molar-refractivity contribution < 1.29 is 9.47 Å². The van der Waals surface area contributed by atoms with Crippen molar-refractivity contribution in [3.63, 3.8) is 0 Å². The van der Waals surface area contributed by atoms with E-state index in [-0.39, 0.29) is 4.99 Å². The second-order valence-electron chi connectivity index (χ2n) is 4.26. The summed E-state index contributed by atoms with van der Waals surface area (Å²) in [5.74, 6) is 1.14. The van der Waals surface area contributed by atoms with Gasteiger partial charge in [0.05, 0.1) is 17.7 Å². The topological polar surface area (TPSA) is 44.5 Å². The van der Waals surface area contributed by atoms with Gasteiger partial charge in [0.1, 0.15) is 23.1 Å². The average molecular weight is 342 g/mol. The lowest BCUT2D eigenvalue weighted by molar-refractivity contribution is 0.305. The van der Waals surface area contributed by atoms with Gasteiger partial charge in [-0.1, -0.05) is 41.5 Å². The number of benzene rings is 2. The number of rotatable bonds is 5. The summed E-state index contributed by atoms with van der Waals surface area (Å²) in [5.41, 5.74) is 7.23. The molecule has 0 atom stereocenters. The summed E-state index contributed by atoms with van der Waals surface area (Å²) in [6, 6.07) is 10.6. The van der Waals surface area contributed by atoms with Crippen molar-refractivity contribution in [2.24, 2.45) is 5.73 Å². The molecule has 2 rings (SSSR count). The van der Waals surface area contributed by atoms with Crippen LogP contribution in [0.4, 0.5) is 0 Å². The summed E-state index contributed by atoms with van der Waals surface area (Å²) in [7, 11) is 1.57. The first-order valence-corrected chi connectivity index (χ1v) is 7.22. The van der Waals surface area contributed by atoms with Crippen molar-refractivity contribution in [2.45, 2.75) is 6.61 Å². The van der Waals surface area contributed by atoms with Gasteiger partial charge in [-0.25, -0.2) is 0 Å². The van der Waals surface area contributed by atoms with E-state index in [1.807, 2.05) is 12.1 Å². The van der Waals surface area contributed by atoms with Crippen LogP contribution in [0.25, 0.3) is 0 Å². The maximum Gasteiger partial charge on any atom is 0.139 e. The average Bonchev–Trinajstić information content (AvgIpc) is 2.47. The lowest BCUT2D eigenvalue weighted by Crippen LogP contribution is -2.11. The molecule has 0 saturated heterocycles. The Morgan fingerprint density at radius 3 is 2.57 bits per heavy atom. The van der Waals surface area contributed by atoms with Crippen molar-refractivity contribution in [3.05, 3.63) is 57.6 Å². The Morgan fingerprint density at radius 1 is 1.14 bits per heavy atom. The summed E-state index contributed by atoms with van der Waals surface area (Å²) in [4.78, 5) is 0.289. The Labute approximate surface area is 138 Å². The molecule has 21 heavy (non-hydrogen) atoms. The fourth-order valence-electron chi connectivity index (χ4n) is 1.78. The summed E-state index contributed by atoms with van der Waals surface area (Å²) >= 11 is 16.9. The van der Waals surface area contributed by atoms with E-state index in [0.29, 0.717) is 33.7 Å². The lowest BCUT2D eigenvalue weighted by Gasteiger charge is -2.11. The molecule has 0 unspecified atom stereocenters. The van der Waals surface area contributed by atoms with Crippen LogP contribution in [0.3, 0.4) is 0 Å². The third kappa shape index (κ3) is 4.00. The number of methoxy groups -OCH3 is 1. The Bertz CT molecular complexity index is 677. The Balaban J connectivity index is 2.17. The highest BCUT2D eigenvalue weighted by molar-refractivity contribution is 7.80. The first kappa shape index (κ1) is 15.9. The molecule has 0 aliphatic heterocycles. The van der Waals surface area contributed by atoms with Crippen LogP contribution in [0.2, 0.25) is 10.0 Å². The van der Waals surface area contributed by atoms with Gasteiger partial charge < -0.3 is 15.2 Å². The van der Waals surface area contributed by atoms with Gasteiger partial charge in [-0.05, 0) is 29.8 Å². The SMILES string of the molecule is COc1cc(COc2cc(Cl)ccc2Cl)ccc1C(N)=S. The first-order chi connectivity index (χ1) is 10.0. The zero-order valence-corrected chi connectivity index (χ0v) is 13.6. The van der Waals surface area contributed by atoms with Gasteiger partial charge in [-0.15, -0.1) is 0 Å². The van der Waals surface area contributed by atoms with E-state index < -0.39 is 0 Å². The van der Waals surface area contributed by atoms with Crippen molar-refractivity contribution in [1.29, 1.82) is 0 Å². The summed E-state index contributed by atoms with van der Waals surface area (Å²) < 4.78 is 10.9. The smallest absolute Gasteiger partial charge is 0.139 e. The minimum absolute atomic E-state index is 0.289. The lowest BCUT2D eigenvalue weighted by atomic mass is 10.1. The summed E-state index contributed by atoms with van der Waals surface area (Å²) in [6.45, 7) is 0.327. The Morgan fingerprint density at radius 2 is 1.90 bits per heavy atom. The molecule has 2 aromatic rings. The molecule has 0 bridgehead atoms. The Hall–Kier alpha value is -1.49. The molecule has 2 N–H and O–H groups in total. The van der Waals surface area contributed by atoms with Gasteiger partial charge in [0.2, 0.25) is 0 Å². The molecule has 2 aromatic carbocycles. The minimum Gasteiger partial charge on any atom is -0.496 e. The molecule has 0 fully saturated rings. The molecule has 0 aliphatic carbocycles. The number of thiocarbonyl (C=S) groups is 1. The van der Waals surface area contributed by atoms with Crippen LogP contribution >= 0.6 is 35.4 Å². The normalized spacial score (nSPS) is 10.2. The highest BCUT2D eigenvalue weighted by Gasteiger charge is 2.08. The molecule has 0 spiro atoms. The van der Waals surface area contributed by atoms with E-state index in [9.17, 15) is 0 Å². The maximum atomic E-state index is 6.05. The fourth-order valence-corrected chi connectivity index (χ4v) is 2.28. The predicted molar refractivity (Wildman–Crippen MR) is 89.7 cm³/mol. The van der Waals surface area contributed by atoms with Crippen LogP contribution < -0.4 is 15.2 Å². The fraction of sp³-hybridized carbons (Fsp3) is 0.133. The van der Waals surface area contributed by atoms with E-state index in [4.69, 9.17) is 50.6 Å². The molecule has 0 radical (unpaired) electrons. The third-order valence-electron chi connectivity index (χ3n) is 2.82. The van der Waals surface area contributed by atoms with Crippen LogP contribution in [0.5, 0.6) is 11.5 Å². The zero-order chi connectivity index (χ0) is 15.4. The number of hydrogen-bond acceptors (Lipinski definition) is 3. The molecule has 110 valence electrons. The number of ether oxygens (including phenoxy) is 2. The molecule has 0 aromatic heterocycles. The van der Waals surface area contributed by atoms with Gasteiger partial charge in [0.25, 0.3) is 0 Å². The largest absolute Gasteiger partial charge is 0.496 e. The molecule has 0 saturated carbocycles. The molecular weight excluding hydrogens is 329 g/mol. The van der Waals surface area contributed by atoms with Crippen molar-refractivity contribution >= 4 is 40.4 Å². The predicted octanol–water partition coefficient (Wildman–Crippen LogP) is 4.22. The number of nitrogens with two attached hydrogens (primary N) is 1. The number of hydrogen-bond donors (Lipinski definition) is 1. The summed E-state index contributed by atoms with van der Waals surface area (Å²) in [5, 5.41) is 1.07. The maximum absolute atomic E-state index is 6.05. The second-order valence-corrected chi connectivity index (χ2v) is 5.55. The van der Waals surface area contributed by atoms with E-state index in [0.717, 1.165) is 5.56 Å². The summed E-state index contributed by atoms with van der Waals surface area (Å²) in [6.07, 6.45) is 0. The van der Waals surface area contributed by atoms with Gasteiger partial charge in [-0.2, -0.15) is 0 Å². The van der Waals surface area contributed by atoms with E-state index in [1.165, 1.54) is 0 Å². The Kier molecular flexibility index (Phi) is 5.28. The zero-order valence-electron chi connectivity index (χ0n) is 11.2. The molecule has 6 heteroatoms. The molecule has 0 amide bonds. The highest BCUT2D eigenvalue weighted by Crippen LogP contribution is 2.29. The van der Waals surface area contributed by atoms with Gasteiger partial charge in [-0.3, -0.25) is 0 Å². The van der Waals surface area contributed by atoms with Crippen molar-refractivity contribution in [2.75, 3.05) is 7.11 Å². The molecular formula is C15H13Cl2NO2S. The standard InChI is InChI=1S/C15H13Cl2NO2S/c1-19-13-6-9(2-4-11(13)15(18)21)8-20-14-7-10(16)3-5-12(14)17/h2-7H,8H2,1H3,(H2,18,21). The van der Waals surface area contributed by atoms with Gasteiger partial charge >= 0.3 is 0 Å². The van der Waals surface area contributed by atoms with Gasteiger partial charge in [0, 0.05) is 11.1 Å². The van der Waals surface area contributed by atoms with Crippen LogP contribution in [-0.4, -0.2) is 12.1 Å². The first-order valence-electron chi connectivity index (χ1n) is 6.06. The number of halogens is 2.